The summed E-state index contributed by atoms with van der Waals surface area (Å²) in [6, 6.07) is 9.32. The number of rotatable bonds is 6. The van der Waals surface area contributed by atoms with Gasteiger partial charge in [0.25, 0.3) is 0 Å². The van der Waals surface area contributed by atoms with Gasteiger partial charge in [0.1, 0.15) is 18.8 Å². The number of aryl methyl sites for hydroxylation is 1. The number of alkyl halides is 3. The summed E-state index contributed by atoms with van der Waals surface area (Å²) in [5.74, 6) is 1.07. The standard InChI is InChI=1S/C23H27F3N3OP/c1-6-31(30,7-2)17-11-12-21-19(13-17)22(29-16(5)28-21)27-15(4)18-9-8-10-20(14(18)3)23(24,25)26/h8-13,15H,6-7H2,1-5H3,(H,27,28,29)/t15-/m1/s1. The lowest BCUT2D eigenvalue weighted by Gasteiger charge is -2.21. The summed E-state index contributed by atoms with van der Waals surface area (Å²) in [7, 11) is -2.50. The van der Waals surface area contributed by atoms with Crippen LogP contribution < -0.4 is 10.6 Å². The summed E-state index contributed by atoms with van der Waals surface area (Å²) in [6.45, 7) is 8.88. The number of hydrogen-bond acceptors (Lipinski definition) is 4. The molecule has 3 rings (SSSR count). The highest BCUT2D eigenvalue weighted by molar-refractivity contribution is 7.71. The van der Waals surface area contributed by atoms with Gasteiger partial charge in [0.05, 0.1) is 17.1 Å². The van der Waals surface area contributed by atoms with Crippen LogP contribution in [0.4, 0.5) is 19.0 Å². The first-order valence-corrected chi connectivity index (χ1v) is 12.4. The van der Waals surface area contributed by atoms with E-state index >= 15 is 0 Å². The Morgan fingerprint density at radius 1 is 1.06 bits per heavy atom. The molecule has 2 aromatic carbocycles. The van der Waals surface area contributed by atoms with E-state index in [0.717, 1.165) is 11.4 Å². The van der Waals surface area contributed by atoms with Crippen LogP contribution in [0.3, 0.4) is 0 Å². The number of aromatic nitrogens is 2. The Morgan fingerprint density at radius 2 is 1.74 bits per heavy atom. The van der Waals surface area contributed by atoms with Crippen LogP contribution in [0.15, 0.2) is 36.4 Å². The Balaban J connectivity index is 2.08. The molecule has 0 saturated carbocycles. The lowest BCUT2D eigenvalue weighted by Crippen LogP contribution is -2.15. The SMILES string of the molecule is CCP(=O)(CC)c1ccc2nc(C)nc(N[C@H](C)c3cccc(C(F)(F)F)c3C)c2c1. The molecule has 3 aromatic rings. The first-order valence-electron chi connectivity index (χ1n) is 10.3. The summed E-state index contributed by atoms with van der Waals surface area (Å²) in [5.41, 5.74) is 0.789. The number of hydrogen-bond donors (Lipinski definition) is 1. The van der Waals surface area contributed by atoms with Crippen molar-refractivity contribution in [3.8, 4) is 0 Å². The van der Waals surface area contributed by atoms with E-state index in [9.17, 15) is 17.7 Å². The zero-order valence-electron chi connectivity index (χ0n) is 18.3. The normalized spacial score (nSPS) is 13.4. The molecule has 1 heterocycles. The fourth-order valence-corrected chi connectivity index (χ4v) is 5.79. The van der Waals surface area contributed by atoms with Gasteiger partial charge in [0, 0.05) is 23.0 Å². The maximum absolute atomic E-state index is 13.3. The number of anilines is 1. The van der Waals surface area contributed by atoms with E-state index in [-0.39, 0.29) is 5.56 Å². The van der Waals surface area contributed by atoms with E-state index in [0.29, 0.717) is 40.4 Å². The summed E-state index contributed by atoms with van der Waals surface area (Å²) >= 11 is 0. The fourth-order valence-electron chi connectivity index (χ4n) is 3.90. The van der Waals surface area contributed by atoms with Gasteiger partial charge in [-0.2, -0.15) is 13.2 Å². The Morgan fingerprint density at radius 3 is 2.35 bits per heavy atom. The molecule has 0 unspecified atom stereocenters. The molecule has 0 aliphatic rings. The highest BCUT2D eigenvalue weighted by Gasteiger charge is 2.33. The number of nitrogens with one attached hydrogen (secondary N) is 1. The number of halogens is 3. The second kappa shape index (κ2) is 8.62. The lowest BCUT2D eigenvalue weighted by atomic mass is 9.97. The van der Waals surface area contributed by atoms with Crippen LogP contribution >= 0.6 is 7.14 Å². The number of nitrogens with zero attached hydrogens (tertiary/aromatic N) is 2. The molecule has 0 spiro atoms. The molecule has 1 aromatic heterocycles. The molecule has 0 aliphatic carbocycles. The predicted octanol–water partition coefficient (Wildman–Crippen LogP) is 6.47. The van der Waals surface area contributed by atoms with Crippen LogP contribution in [-0.4, -0.2) is 22.3 Å². The van der Waals surface area contributed by atoms with Crippen molar-refractivity contribution in [1.82, 2.24) is 9.97 Å². The van der Waals surface area contributed by atoms with Gasteiger partial charge in [0.15, 0.2) is 0 Å². The number of fused-ring (bicyclic) bond motifs is 1. The average molecular weight is 449 g/mol. The minimum atomic E-state index is -4.41. The monoisotopic (exact) mass is 449 g/mol. The van der Waals surface area contributed by atoms with Gasteiger partial charge >= 0.3 is 6.18 Å². The summed E-state index contributed by atoms with van der Waals surface area (Å²) in [5, 5.41) is 4.74. The fraction of sp³-hybridized carbons (Fsp3) is 0.391. The number of benzene rings is 2. The molecule has 0 aliphatic heterocycles. The average Bonchev–Trinajstić information content (AvgIpc) is 2.72. The van der Waals surface area contributed by atoms with Crippen LogP contribution in [0.25, 0.3) is 10.9 Å². The molecule has 1 atom stereocenters. The first kappa shape index (κ1) is 23.3. The molecule has 0 amide bonds. The lowest BCUT2D eigenvalue weighted by molar-refractivity contribution is -0.138. The molecule has 0 fully saturated rings. The quantitative estimate of drug-likeness (QED) is 0.439. The Kier molecular flexibility index (Phi) is 6.47. The van der Waals surface area contributed by atoms with Crippen molar-refractivity contribution in [1.29, 1.82) is 0 Å². The molecule has 31 heavy (non-hydrogen) atoms. The summed E-state index contributed by atoms with van der Waals surface area (Å²) in [6.07, 6.45) is -3.29. The predicted molar refractivity (Wildman–Crippen MR) is 121 cm³/mol. The van der Waals surface area contributed by atoms with Gasteiger partial charge < -0.3 is 9.88 Å². The largest absolute Gasteiger partial charge is 0.416 e. The van der Waals surface area contributed by atoms with Crippen LogP contribution in [0, 0.1) is 13.8 Å². The van der Waals surface area contributed by atoms with E-state index in [4.69, 9.17) is 0 Å². The van der Waals surface area contributed by atoms with E-state index in [1.54, 1.807) is 19.9 Å². The van der Waals surface area contributed by atoms with Crippen LogP contribution in [0.2, 0.25) is 0 Å². The minimum Gasteiger partial charge on any atom is -0.363 e. The van der Waals surface area contributed by atoms with Crippen LogP contribution in [0.5, 0.6) is 0 Å². The van der Waals surface area contributed by atoms with E-state index in [1.165, 1.54) is 13.0 Å². The van der Waals surface area contributed by atoms with E-state index in [2.05, 4.69) is 15.3 Å². The Labute approximate surface area is 180 Å². The van der Waals surface area contributed by atoms with Crippen LogP contribution in [0.1, 0.15) is 49.3 Å². The molecule has 1 N–H and O–H groups in total. The van der Waals surface area contributed by atoms with Crippen molar-refractivity contribution < 1.29 is 17.7 Å². The molecule has 166 valence electrons. The van der Waals surface area contributed by atoms with Crippen molar-refractivity contribution in [2.45, 2.75) is 46.8 Å². The molecular weight excluding hydrogens is 422 g/mol. The van der Waals surface area contributed by atoms with E-state index in [1.807, 2.05) is 32.0 Å². The second-order valence-electron chi connectivity index (χ2n) is 7.73. The third-order valence-electron chi connectivity index (χ3n) is 5.78. The summed E-state index contributed by atoms with van der Waals surface area (Å²) in [4.78, 5) is 8.97. The van der Waals surface area contributed by atoms with Gasteiger partial charge in [-0.15, -0.1) is 0 Å². The third-order valence-corrected chi connectivity index (χ3v) is 9.05. The first-order chi connectivity index (χ1) is 14.5. The highest BCUT2D eigenvalue weighted by Crippen LogP contribution is 2.44. The maximum atomic E-state index is 13.3. The van der Waals surface area contributed by atoms with Gasteiger partial charge in [-0.05, 0) is 56.2 Å². The van der Waals surface area contributed by atoms with Crippen molar-refractivity contribution >= 4 is 29.2 Å². The van der Waals surface area contributed by atoms with Gasteiger partial charge in [-0.3, -0.25) is 0 Å². The Bertz CT molecular complexity index is 1150. The topological polar surface area (TPSA) is 54.9 Å². The van der Waals surface area contributed by atoms with Crippen molar-refractivity contribution in [3.05, 3.63) is 58.9 Å². The molecule has 0 saturated heterocycles. The Hall–Kier alpha value is -2.40. The molecule has 4 nitrogen and oxygen atoms in total. The molecular formula is C23H27F3N3OP. The van der Waals surface area contributed by atoms with E-state index < -0.39 is 24.9 Å². The minimum absolute atomic E-state index is 0.187. The van der Waals surface area contributed by atoms with Crippen molar-refractivity contribution in [3.63, 3.8) is 0 Å². The smallest absolute Gasteiger partial charge is 0.363 e. The highest BCUT2D eigenvalue weighted by atomic mass is 31.2. The van der Waals surface area contributed by atoms with Gasteiger partial charge in [0.2, 0.25) is 0 Å². The maximum Gasteiger partial charge on any atom is 0.416 e. The van der Waals surface area contributed by atoms with Gasteiger partial charge in [-0.25, -0.2) is 9.97 Å². The zero-order chi connectivity index (χ0) is 23.0. The van der Waals surface area contributed by atoms with Crippen molar-refractivity contribution in [2.75, 3.05) is 17.6 Å². The molecule has 0 bridgehead atoms. The summed E-state index contributed by atoms with van der Waals surface area (Å²) < 4.78 is 53.2. The third kappa shape index (κ3) is 4.62. The van der Waals surface area contributed by atoms with Crippen LogP contribution in [-0.2, 0) is 10.7 Å². The van der Waals surface area contributed by atoms with Gasteiger partial charge in [-0.1, -0.05) is 26.0 Å². The molecule has 8 heteroatoms. The molecule has 0 radical (unpaired) electrons. The van der Waals surface area contributed by atoms with Crippen molar-refractivity contribution in [2.24, 2.45) is 0 Å². The zero-order valence-corrected chi connectivity index (χ0v) is 19.2. The second-order valence-corrected chi connectivity index (χ2v) is 11.3.